The van der Waals surface area contributed by atoms with Crippen LogP contribution in [0.2, 0.25) is 0 Å². The summed E-state index contributed by atoms with van der Waals surface area (Å²) in [5.41, 5.74) is 0. The first kappa shape index (κ1) is 59.1. The first-order valence-corrected chi connectivity index (χ1v) is 26.8. The van der Waals surface area contributed by atoms with Gasteiger partial charge in [-0.1, -0.05) is 217 Å². The summed E-state index contributed by atoms with van der Waals surface area (Å²) in [6.07, 6.45) is 61.5. The summed E-state index contributed by atoms with van der Waals surface area (Å²) in [5.74, 6) is -0.0986. The van der Waals surface area contributed by atoms with Crippen LogP contribution in [-0.2, 0) is 14.3 Å². The summed E-state index contributed by atoms with van der Waals surface area (Å²) in [6, 6.07) is -0.639. The number of amides is 1. The van der Waals surface area contributed by atoms with Gasteiger partial charge in [-0.25, -0.2) is 0 Å². The smallest absolute Gasteiger partial charge is 0.305 e. The molecule has 6 nitrogen and oxygen atoms in total. The van der Waals surface area contributed by atoms with Crippen LogP contribution in [0.5, 0.6) is 0 Å². The molecule has 0 rings (SSSR count). The largest absolute Gasteiger partial charge is 0.466 e. The molecule has 0 aromatic carbocycles. The van der Waals surface area contributed by atoms with Crippen molar-refractivity contribution in [2.75, 3.05) is 13.2 Å². The maximum Gasteiger partial charge on any atom is 0.305 e. The van der Waals surface area contributed by atoms with E-state index in [1.165, 1.54) is 186 Å². The van der Waals surface area contributed by atoms with Crippen LogP contribution < -0.4 is 5.32 Å². The molecule has 0 bridgehead atoms. The van der Waals surface area contributed by atoms with Gasteiger partial charge >= 0.3 is 5.97 Å². The molecule has 0 aliphatic rings. The second kappa shape index (κ2) is 50.7. The summed E-state index contributed by atoms with van der Waals surface area (Å²) in [7, 11) is 0. The number of hydrogen-bond donors (Lipinski definition) is 3. The molecular formula is C55H103NO5. The van der Waals surface area contributed by atoms with E-state index in [1.807, 2.05) is 6.08 Å². The van der Waals surface area contributed by atoms with Crippen molar-refractivity contribution in [2.24, 2.45) is 0 Å². The predicted molar refractivity (Wildman–Crippen MR) is 264 cm³/mol. The van der Waals surface area contributed by atoms with Crippen molar-refractivity contribution in [1.29, 1.82) is 0 Å². The number of rotatable bonds is 49. The zero-order valence-corrected chi connectivity index (χ0v) is 40.6. The third-order valence-electron chi connectivity index (χ3n) is 12.1. The second-order valence-corrected chi connectivity index (χ2v) is 18.2. The molecule has 0 aliphatic heterocycles. The Morgan fingerprint density at radius 2 is 0.770 bits per heavy atom. The maximum atomic E-state index is 12.4. The van der Waals surface area contributed by atoms with E-state index in [9.17, 15) is 19.8 Å². The fourth-order valence-corrected chi connectivity index (χ4v) is 7.97. The monoisotopic (exact) mass is 858 g/mol. The molecule has 0 radical (unpaired) electrons. The summed E-state index contributed by atoms with van der Waals surface area (Å²) in [6.45, 7) is 4.86. The standard InChI is InChI=1S/C55H103NO5/c1-3-5-7-9-11-13-15-17-20-25-29-33-37-41-45-49-55(60)61-50-46-42-38-34-30-26-22-19-18-21-24-28-32-36-40-44-48-54(59)56-52(51-57)53(58)47-43-39-35-31-27-23-16-14-12-10-8-6-4-2/h17-18,20-21,43,47,52-53,57-58H,3-16,19,22-42,44-46,48-51H2,1-2H3,(H,56,59)/b20-17-,21-18-,47-43+. The minimum atomic E-state index is -0.854. The fraction of sp³-hybridized carbons (Fsp3) is 0.855. The molecule has 0 aromatic rings. The lowest BCUT2D eigenvalue weighted by atomic mass is 10.0. The molecule has 0 heterocycles. The quantitative estimate of drug-likeness (QED) is 0.0322. The Kier molecular flexibility index (Phi) is 49.1. The van der Waals surface area contributed by atoms with Crippen molar-refractivity contribution >= 4 is 11.9 Å². The van der Waals surface area contributed by atoms with E-state index in [4.69, 9.17) is 4.74 Å². The molecule has 0 saturated carbocycles. The van der Waals surface area contributed by atoms with Gasteiger partial charge in [-0.2, -0.15) is 0 Å². The Hall–Kier alpha value is -1.92. The van der Waals surface area contributed by atoms with E-state index < -0.39 is 12.1 Å². The second-order valence-electron chi connectivity index (χ2n) is 18.2. The fourth-order valence-electron chi connectivity index (χ4n) is 7.97. The van der Waals surface area contributed by atoms with Crippen molar-refractivity contribution in [3.63, 3.8) is 0 Å². The zero-order chi connectivity index (χ0) is 44.4. The summed E-state index contributed by atoms with van der Waals surface area (Å²) < 4.78 is 5.46. The highest BCUT2D eigenvalue weighted by Crippen LogP contribution is 2.15. The van der Waals surface area contributed by atoms with E-state index in [-0.39, 0.29) is 18.5 Å². The normalized spacial score (nSPS) is 12.9. The van der Waals surface area contributed by atoms with Crippen LogP contribution in [0.25, 0.3) is 0 Å². The average Bonchev–Trinajstić information content (AvgIpc) is 3.26. The summed E-state index contributed by atoms with van der Waals surface area (Å²) in [5, 5.41) is 23.0. The van der Waals surface area contributed by atoms with Crippen molar-refractivity contribution in [3.8, 4) is 0 Å². The van der Waals surface area contributed by atoms with Gasteiger partial charge in [0.1, 0.15) is 0 Å². The Morgan fingerprint density at radius 1 is 0.443 bits per heavy atom. The third-order valence-corrected chi connectivity index (χ3v) is 12.1. The average molecular weight is 858 g/mol. The number of ether oxygens (including phenoxy) is 1. The van der Waals surface area contributed by atoms with Gasteiger partial charge in [0.25, 0.3) is 0 Å². The molecule has 0 aliphatic carbocycles. The molecule has 0 fully saturated rings. The molecule has 0 aromatic heterocycles. The van der Waals surface area contributed by atoms with Gasteiger partial charge in [0, 0.05) is 12.8 Å². The number of carbonyl (C=O) groups excluding carboxylic acids is 2. The highest BCUT2D eigenvalue weighted by Gasteiger charge is 2.18. The van der Waals surface area contributed by atoms with E-state index in [2.05, 4.69) is 43.5 Å². The molecule has 3 N–H and O–H groups in total. The number of unbranched alkanes of at least 4 members (excludes halogenated alkanes) is 34. The Balaban J connectivity index is 3.50. The van der Waals surface area contributed by atoms with Crippen LogP contribution in [0.1, 0.15) is 277 Å². The van der Waals surface area contributed by atoms with Crippen molar-refractivity contribution in [1.82, 2.24) is 5.32 Å². The highest BCUT2D eigenvalue weighted by molar-refractivity contribution is 5.76. The van der Waals surface area contributed by atoms with Crippen molar-refractivity contribution < 1.29 is 24.5 Å². The van der Waals surface area contributed by atoms with Gasteiger partial charge in [0.2, 0.25) is 5.91 Å². The van der Waals surface area contributed by atoms with Gasteiger partial charge in [0.05, 0.1) is 25.4 Å². The van der Waals surface area contributed by atoms with Gasteiger partial charge in [0.15, 0.2) is 0 Å². The number of aliphatic hydroxyl groups excluding tert-OH is 2. The van der Waals surface area contributed by atoms with Crippen LogP contribution in [0.3, 0.4) is 0 Å². The lowest BCUT2D eigenvalue weighted by molar-refractivity contribution is -0.143. The number of esters is 1. The summed E-state index contributed by atoms with van der Waals surface area (Å²) >= 11 is 0. The van der Waals surface area contributed by atoms with Crippen LogP contribution in [-0.4, -0.2) is 47.4 Å². The van der Waals surface area contributed by atoms with E-state index >= 15 is 0 Å². The summed E-state index contributed by atoms with van der Waals surface area (Å²) in [4.78, 5) is 24.4. The SMILES string of the molecule is CCCCCCCC/C=C\CCCCCCCC(=O)OCCCCCCCCC/C=C\CCCCCCCC(=O)NC(CO)C(O)/C=C/CCCCCCCCCCCCC. The van der Waals surface area contributed by atoms with E-state index in [0.717, 1.165) is 64.2 Å². The minimum absolute atomic E-state index is 0.0124. The van der Waals surface area contributed by atoms with Gasteiger partial charge < -0.3 is 20.3 Å². The first-order chi connectivity index (χ1) is 30.0. The van der Waals surface area contributed by atoms with E-state index in [0.29, 0.717) is 19.4 Å². The maximum absolute atomic E-state index is 12.4. The van der Waals surface area contributed by atoms with Crippen LogP contribution in [0, 0.1) is 0 Å². The molecule has 1 amide bonds. The van der Waals surface area contributed by atoms with E-state index in [1.54, 1.807) is 6.08 Å². The van der Waals surface area contributed by atoms with Gasteiger partial charge in [-0.05, 0) is 83.5 Å². The van der Waals surface area contributed by atoms with Crippen LogP contribution in [0.4, 0.5) is 0 Å². The number of hydrogen-bond acceptors (Lipinski definition) is 5. The molecule has 61 heavy (non-hydrogen) atoms. The van der Waals surface area contributed by atoms with Gasteiger partial charge in [-0.3, -0.25) is 9.59 Å². The lowest BCUT2D eigenvalue weighted by Gasteiger charge is -2.20. The number of carbonyl (C=O) groups is 2. The van der Waals surface area contributed by atoms with Crippen LogP contribution >= 0.6 is 0 Å². The molecule has 0 spiro atoms. The Labute approximate surface area is 379 Å². The molecule has 6 heteroatoms. The van der Waals surface area contributed by atoms with Gasteiger partial charge in [-0.15, -0.1) is 0 Å². The minimum Gasteiger partial charge on any atom is -0.466 e. The highest BCUT2D eigenvalue weighted by atomic mass is 16.5. The predicted octanol–water partition coefficient (Wildman–Crippen LogP) is 16.1. The zero-order valence-electron chi connectivity index (χ0n) is 40.6. The molecule has 0 saturated heterocycles. The first-order valence-electron chi connectivity index (χ1n) is 26.8. The van der Waals surface area contributed by atoms with Crippen LogP contribution in [0.15, 0.2) is 36.5 Å². The molecule has 358 valence electrons. The third kappa shape index (κ3) is 47.4. The number of aliphatic hydroxyl groups is 2. The molecule has 2 unspecified atom stereocenters. The van der Waals surface area contributed by atoms with Crippen molar-refractivity contribution in [2.45, 2.75) is 289 Å². The molecular weight excluding hydrogens is 755 g/mol. The Morgan fingerprint density at radius 3 is 1.16 bits per heavy atom. The molecule has 2 atom stereocenters. The Bertz CT molecular complexity index is 993. The number of allylic oxidation sites excluding steroid dienone is 5. The topological polar surface area (TPSA) is 95.9 Å². The van der Waals surface area contributed by atoms with Crippen molar-refractivity contribution in [3.05, 3.63) is 36.5 Å². The lowest BCUT2D eigenvalue weighted by Crippen LogP contribution is -2.45. The number of nitrogens with one attached hydrogen (secondary N) is 1.